The van der Waals surface area contributed by atoms with Gasteiger partial charge in [0.25, 0.3) is 0 Å². The van der Waals surface area contributed by atoms with Crippen molar-refractivity contribution in [1.29, 1.82) is 0 Å². The lowest BCUT2D eigenvalue weighted by atomic mass is 9.96. The minimum Gasteiger partial charge on any atom is -0.390 e. The summed E-state index contributed by atoms with van der Waals surface area (Å²) < 4.78 is 0. The van der Waals surface area contributed by atoms with Crippen molar-refractivity contribution in [2.24, 2.45) is 0 Å². The van der Waals surface area contributed by atoms with Crippen LogP contribution in [0.4, 0.5) is 0 Å². The van der Waals surface area contributed by atoms with Crippen molar-refractivity contribution in [2.45, 2.75) is 44.5 Å². The molecule has 2 unspecified atom stereocenters. The summed E-state index contributed by atoms with van der Waals surface area (Å²) in [6.07, 6.45) is 0.631. The van der Waals surface area contributed by atoms with Crippen molar-refractivity contribution in [3.8, 4) is 0 Å². The number of piperidine rings is 1. The molecule has 0 saturated carbocycles. The highest BCUT2D eigenvalue weighted by molar-refractivity contribution is 5.19. The second kappa shape index (κ2) is 7.93. The highest BCUT2D eigenvalue weighted by Crippen LogP contribution is 2.25. The van der Waals surface area contributed by atoms with Crippen LogP contribution in [0.5, 0.6) is 0 Å². The van der Waals surface area contributed by atoms with Gasteiger partial charge in [-0.1, -0.05) is 60.7 Å². The molecular formula is C21H28N2O. The Kier molecular flexibility index (Phi) is 5.67. The summed E-state index contributed by atoms with van der Waals surface area (Å²) in [5.41, 5.74) is 2.58. The molecule has 1 aliphatic heterocycles. The minimum absolute atomic E-state index is 0.152. The topological polar surface area (TPSA) is 35.5 Å². The zero-order valence-electron chi connectivity index (χ0n) is 14.6. The second-order valence-corrected chi connectivity index (χ2v) is 6.84. The van der Waals surface area contributed by atoms with E-state index in [1.54, 1.807) is 0 Å². The van der Waals surface area contributed by atoms with Gasteiger partial charge in [0, 0.05) is 31.2 Å². The highest BCUT2D eigenvalue weighted by Gasteiger charge is 2.31. The number of rotatable bonds is 5. The van der Waals surface area contributed by atoms with Crippen molar-refractivity contribution in [2.75, 3.05) is 13.1 Å². The summed E-state index contributed by atoms with van der Waals surface area (Å²) in [5.74, 6) is 0. The molecule has 0 amide bonds. The van der Waals surface area contributed by atoms with E-state index < -0.39 is 0 Å². The zero-order valence-corrected chi connectivity index (χ0v) is 14.6. The number of benzene rings is 2. The van der Waals surface area contributed by atoms with Crippen LogP contribution in [-0.2, 0) is 0 Å². The third kappa shape index (κ3) is 4.04. The standard InChI is InChI=1S/C21H28N2O/c1-16(18-9-5-3-6-10-18)22-20-13-14-23(15-21(20)24)17(2)19-11-7-4-8-12-19/h3-12,16-17,20-22,24H,13-15H2,1-2H3/t16?,17?,20-,21-/m1/s1. The summed E-state index contributed by atoms with van der Waals surface area (Å²) >= 11 is 0. The van der Waals surface area contributed by atoms with Crippen molar-refractivity contribution < 1.29 is 5.11 Å². The Morgan fingerprint density at radius 2 is 1.54 bits per heavy atom. The van der Waals surface area contributed by atoms with Crippen LogP contribution in [0.25, 0.3) is 0 Å². The fourth-order valence-corrected chi connectivity index (χ4v) is 3.60. The molecule has 1 saturated heterocycles. The lowest BCUT2D eigenvalue weighted by Gasteiger charge is -2.40. The summed E-state index contributed by atoms with van der Waals surface area (Å²) in [5, 5.41) is 14.2. The van der Waals surface area contributed by atoms with E-state index in [0.29, 0.717) is 6.04 Å². The number of nitrogens with one attached hydrogen (secondary N) is 1. The number of aliphatic hydroxyl groups excluding tert-OH is 1. The molecule has 3 nitrogen and oxygen atoms in total. The summed E-state index contributed by atoms with van der Waals surface area (Å²) in [7, 11) is 0. The van der Waals surface area contributed by atoms with E-state index in [2.05, 4.69) is 72.6 Å². The molecule has 1 heterocycles. The van der Waals surface area contributed by atoms with Gasteiger partial charge in [-0.05, 0) is 31.4 Å². The molecule has 2 N–H and O–H groups in total. The molecular weight excluding hydrogens is 296 g/mol. The van der Waals surface area contributed by atoms with Crippen molar-refractivity contribution in [3.05, 3.63) is 71.8 Å². The van der Waals surface area contributed by atoms with Crippen molar-refractivity contribution >= 4 is 0 Å². The number of β-amino-alcohol motifs (C(OH)–C–C–N with tert-alkyl or cyclic N) is 1. The van der Waals surface area contributed by atoms with Crippen LogP contribution in [0.1, 0.15) is 43.5 Å². The molecule has 0 aromatic heterocycles. The lowest BCUT2D eigenvalue weighted by Crippen LogP contribution is -2.53. The summed E-state index contributed by atoms with van der Waals surface area (Å²) in [6.45, 7) is 6.12. The molecule has 24 heavy (non-hydrogen) atoms. The van der Waals surface area contributed by atoms with Crippen LogP contribution in [0.3, 0.4) is 0 Å². The third-order valence-electron chi connectivity index (χ3n) is 5.21. The van der Waals surface area contributed by atoms with Crippen molar-refractivity contribution in [3.63, 3.8) is 0 Å². The van der Waals surface area contributed by atoms with E-state index in [1.807, 2.05) is 12.1 Å². The fraction of sp³-hybridized carbons (Fsp3) is 0.429. The van der Waals surface area contributed by atoms with Crippen LogP contribution >= 0.6 is 0 Å². The van der Waals surface area contributed by atoms with Crippen LogP contribution in [0, 0.1) is 0 Å². The van der Waals surface area contributed by atoms with Gasteiger partial charge in [-0.25, -0.2) is 0 Å². The zero-order chi connectivity index (χ0) is 16.9. The van der Waals surface area contributed by atoms with Crippen LogP contribution < -0.4 is 5.32 Å². The highest BCUT2D eigenvalue weighted by atomic mass is 16.3. The first-order chi connectivity index (χ1) is 11.6. The Hall–Kier alpha value is -1.68. The smallest absolute Gasteiger partial charge is 0.0820 e. The Morgan fingerprint density at radius 1 is 0.958 bits per heavy atom. The molecule has 2 aromatic rings. The summed E-state index contributed by atoms with van der Waals surface area (Å²) in [4.78, 5) is 2.38. The molecule has 128 valence electrons. The van der Waals surface area contributed by atoms with Gasteiger partial charge >= 0.3 is 0 Å². The number of aliphatic hydroxyl groups is 1. The molecule has 2 aromatic carbocycles. The quantitative estimate of drug-likeness (QED) is 0.883. The van der Waals surface area contributed by atoms with Crippen LogP contribution in [0.15, 0.2) is 60.7 Å². The van der Waals surface area contributed by atoms with Crippen LogP contribution in [-0.4, -0.2) is 35.2 Å². The molecule has 0 spiro atoms. The van der Waals surface area contributed by atoms with E-state index in [-0.39, 0.29) is 18.2 Å². The monoisotopic (exact) mass is 324 g/mol. The maximum absolute atomic E-state index is 10.6. The SMILES string of the molecule is CC(N[C@@H]1CCN(C(C)c2ccccc2)C[C@H]1O)c1ccccc1. The first-order valence-corrected chi connectivity index (χ1v) is 8.93. The van der Waals surface area contributed by atoms with Gasteiger partial charge in [0.15, 0.2) is 0 Å². The molecule has 3 rings (SSSR count). The fourth-order valence-electron chi connectivity index (χ4n) is 3.60. The Bertz CT molecular complexity index is 616. The Balaban J connectivity index is 1.57. The molecule has 4 atom stereocenters. The summed E-state index contributed by atoms with van der Waals surface area (Å²) in [6, 6.07) is 21.7. The first-order valence-electron chi connectivity index (χ1n) is 8.93. The normalized spacial score (nSPS) is 24.5. The van der Waals surface area contributed by atoms with Crippen LogP contribution in [0.2, 0.25) is 0 Å². The largest absolute Gasteiger partial charge is 0.390 e. The maximum Gasteiger partial charge on any atom is 0.0820 e. The number of hydrogen-bond donors (Lipinski definition) is 2. The lowest BCUT2D eigenvalue weighted by molar-refractivity contribution is 0.0204. The molecule has 3 heteroatoms. The van der Waals surface area contributed by atoms with E-state index >= 15 is 0 Å². The third-order valence-corrected chi connectivity index (χ3v) is 5.21. The number of likely N-dealkylation sites (tertiary alicyclic amines) is 1. The van der Waals surface area contributed by atoms with Gasteiger partial charge in [-0.15, -0.1) is 0 Å². The minimum atomic E-state index is -0.337. The van der Waals surface area contributed by atoms with Gasteiger partial charge < -0.3 is 10.4 Å². The predicted octanol–water partition coefficient (Wildman–Crippen LogP) is 3.53. The van der Waals surface area contributed by atoms with E-state index in [1.165, 1.54) is 11.1 Å². The Morgan fingerprint density at radius 3 is 2.12 bits per heavy atom. The number of nitrogens with zero attached hydrogens (tertiary/aromatic N) is 1. The van der Waals surface area contributed by atoms with E-state index in [9.17, 15) is 5.11 Å². The van der Waals surface area contributed by atoms with E-state index in [0.717, 1.165) is 19.5 Å². The number of hydrogen-bond acceptors (Lipinski definition) is 3. The van der Waals surface area contributed by atoms with Gasteiger partial charge in [0.05, 0.1) is 6.10 Å². The molecule has 0 radical (unpaired) electrons. The average molecular weight is 324 g/mol. The molecule has 1 fully saturated rings. The molecule has 1 aliphatic rings. The van der Waals surface area contributed by atoms with Crippen molar-refractivity contribution in [1.82, 2.24) is 10.2 Å². The molecule has 0 bridgehead atoms. The Labute approximate surface area is 145 Å². The van der Waals surface area contributed by atoms with Gasteiger partial charge in [0.2, 0.25) is 0 Å². The van der Waals surface area contributed by atoms with Gasteiger partial charge in [-0.2, -0.15) is 0 Å². The molecule has 0 aliphatic carbocycles. The second-order valence-electron chi connectivity index (χ2n) is 6.84. The predicted molar refractivity (Wildman–Crippen MR) is 98.8 cm³/mol. The average Bonchev–Trinajstić information content (AvgIpc) is 2.64. The van der Waals surface area contributed by atoms with E-state index in [4.69, 9.17) is 0 Å². The first kappa shape index (κ1) is 17.2. The van der Waals surface area contributed by atoms with Gasteiger partial charge in [0.1, 0.15) is 0 Å². The van der Waals surface area contributed by atoms with Gasteiger partial charge in [-0.3, -0.25) is 4.90 Å². The maximum atomic E-state index is 10.6.